The first kappa shape index (κ1) is 16.9. The summed E-state index contributed by atoms with van der Waals surface area (Å²) in [4.78, 5) is 2.26. The molecule has 28 heavy (non-hydrogen) atoms. The Hall–Kier alpha value is -3.25. The molecular formula is C22H21N5O. The first-order valence-corrected chi connectivity index (χ1v) is 9.37. The van der Waals surface area contributed by atoms with Gasteiger partial charge in [0.1, 0.15) is 5.75 Å². The number of rotatable bonds is 3. The normalized spacial score (nSPS) is 15.1. The summed E-state index contributed by atoms with van der Waals surface area (Å²) in [5.41, 5.74) is 5.28. The summed E-state index contributed by atoms with van der Waals surface area (Å²) in [5.74, 6) is 0.651. The zero-order valence-electron chi connectivity index (χ0n) is 15.9. The quantitative estimate of drug-likeness (QED) is 0.598. The lowest BCUT2D eigenvalue weighted by molar-refractivity contribution is 0.186. The van der Waals surface area contributed by atoms with E-state index in [-0.39, 0.29) is 5.75 Å². The number of phenols is 1. The molecule has 0 saturated carbocycles. The van der Waals surface area contributed by atoms with Crippen molar-refractivity contribution in [3.63, 3.8) is 0 Å². The molecule has 1 aliphatic rings. The zero-order valence-corrected chi connectivity index (χ0v) is 15.9. The molecule has 140 valence electrons. The topological polar surface area (TPSA) is 67.1 Å². The maximum Gasteiger partial charge on any atom is 0.125 e. The highest BCUT2D eigenvalue weighted by Gasteiger charge is 2.26. The fraction of sp³-hybridized carbons (Fsp3) is 0.227. The van der Waals surface area contributed by atoms with Gasteiger partial charge in [-0.05, 0) is 48.5 Å². The Bertz CT molecular complexity index is 1160. The van der Waals surface area contributed by atoms with Gasteiger partial charge in [-0.15, -0.1) is 0 Å². The second kappa shape index (κ2) is 6.42. The number of nitrogens with zero attached hydrogens (tertiary/aromatic N) is 5. The fourth-order valence-corrected chi connectivity index (χ4v) is 3.95. The average Bonchev–Trinajstić information content (AvgIpc) is 3.05. The highest BCUT2D eigenvalue weighted by atomic mass is 16.3. The van der Waals surface area contributed by atoms with Gasteiger partial charge in [0.15, 0.2) is 0 Å². The lowest BCUT2D eigenvalue weighted by Gasteiger charge is -2.35. The number of aryl methyl sites for hydroxylation is 1. The van der Waals surface area contributed by atoms with E-state index < -0.39 is 0 Å². The van der Waals surface area contributed by atoms with Crippen molar-refractivity contribution in [2.75, 3.05) is 20.1 Å². The number of fused-ring (bicyclic) bond motifs is 1. The van der Waals surface area contributed by atoms with E-state index in [1.807, 2.05) is 49.6 Å². The van der Waals surface area contributed by atoms with Crippen molar-refractivity contribution < 1.29 is 5.11 Å². The summed E-state index contributed by atoms with van der Waals surface area (Å²) >= 11 is 0. The first-order chi connectivity index (χ1) is 13.6. The van der Waals surface area contributed by atoms with Crippen LogP contribution in [0.3, 0.4) is 0 Å². The van der Waals surface area contributed by atoms with Gasteiger partial charge in [-0.25, -0.2) is 0 Å². The second-order valence-corrected chi connectivity index (χ2v) is 7.54. The van der Waals surface area contributed by atoms with Gasteiger partial charge in [0, 0.05) is 37.6 Å². The Morgan fingerprint density at radius 3 is 2.61 bits per heavy atom. The van der Waals surface area contributed by atoms with Crippen molar-refractivity contribution in [1.29, 1.82) is 0 Å². The summed E-state index contributed by atoms with van der Waals surface area (Å²) in [7, 11) is 4.02. The van der Waals surface area contributed by atoms with Crippen molar-refractivity contribution in [2.24, 2.45) is 7.05 Å². The summed E-state index contributed by atoms with van der Waals surface area (Å²) < 4.78 is 1.81. The van der Waals surface area contributed by atoms with Gasteiger partial charge in [-0.1, -0.05) is 18.2 Å². The van der Waals surface area contributed by atoms with E-state index in [4.69, 9.17) is 0 Å². The lowest BCUT2D eigenvalue weighted by atomic mass is 9.94. The predicted molar refractivity (Wildman–Crippen MR) is 109 cm³/mol. The molecule has 0 aliphatic carbocycles. The molecule has 0 amide bonds. The molecule has 2 aromatic heterocycles. The highest BCUT2D eigenvalue weighted by Crippen LogP contribution is 2.38. The number of likely N-dealkylation sites (tertiary alicyclic amines) is 1. The van der Waals surface area contributed by atoms with Crippen molar-refractivity contribution in [2.45, 2.75) is 5.92 Å². The van der Waals surface area contributed by atoms with Crippen LogP contribution in [0.15, 0.2) is 54.7 Å². The molecule has 4 aromatic rings. The smallest absolute Gasteiger partial charge is 0.125 e. The Kier molecular flexibility index (Phi) is 3.87. The number of likely N-dealkylation sites (N-methyl/N-ethyl adjacent to an activating group) is 1. The van der Waals surface area contributed by atoms with Crippen LogP contribution >= 0.6 is 0 Å². The standard InChI is InChI=1S/C22H21N5O/c1-26-11-16(12-26)18-8-9-20(24-23-18)22-17(4-3-5-21(22)28)14-6-7-19-15(10-14)13-27(2)25-19/h3-10,13,16,28H,11-12H2,1-2H3. The molecular weight excluding hydrogens is 350 g/mol. The second-order valence-electron chi connectivity index (χ2n) is 7.54. The van der Waals surface area contributed by atoms with Crippen LogP contribution in [0.1, 0.15) is 11.6 Å². The highest BCUT2D eigenvalue weighted by molar-refractivity contribution is 5.90. The fourth-order valence-electron chi connectivity index (χ4n) is 3.95. The van der Waals surface area contributed by atoms with Gasteiger partial charge in [0.2, 0.25) is 0 Å². The maximum absolute atomic E-state index is 10.6. The van der Waals surface area contributed by atoms with Crippen LogP contribution in [0.5, 0.6) is 5.75 Å². The molecule has 6 heteroatoms. The maximum atomic E-state index is 10.6. The van der Waals surface area contributed by atoms with Gasteiger partial charge in [-0.3, -0.25) is 4.68 Å². The third kappa shape index (κ3) is 2.82. The lowest BCUT2D eigenvalue weighted by Crippen LogP contribution is -2.42. The Morgan fingerprint density at radius 2 is 1.86 bits per heavy atom. The molecule has 1 fully saturated rings. The Morgan fingerprint density at radius 1 is 1.00 bits per heavy atom. The van der Waals surface area contributed by atoms with E-state index in [9.17, 15) is 5.11 Å². The van der Waals surface area contributed by atoms with Gasteiger partial charge in [0.25, 0.3) is 0 Å². The molecule has 1 N–H and O–H groups in total. The molecule has 0 bridgehead atoms. The SMILES string of the molecule is CN1CC(c2ccc(-c3c(O)cccc3-c3ccc4nn(C)cc4c3)nn2)C1. The van der Waals surface area contributed by atoms with Crippen LogP contribution in [0.2, 0.25) is 0 Å². The number of phenolic OH excluding ortho intramolecular Hbond substituents is 1. The van der Waals surface area contributed by atoms with Gasteiger partial charge < -0.3 is 10.0 Å². The minimum atomic E-state index is 0.203. The van der Waals surface area contributed by atoms with E-state index in [2.05, 4.69) is 33.3 Å². The zero-order chi connectivity index (χ0) is 19.3. The largest absolute Gasteiger partial charge is 0.507 e. The van der Waals surface area contributed by atoms with Crippen molar-refractivity contribution >= 4 is 10.9 Å². The monoisotopic (exact) mass is 371 g/mol. The van der Waals surface area contributed by atoms with Crippen LogP contribution in [0.4, 0.5) is 0 Å². The molecule has 1 aliphatic heterocycles. The Balaban J connectivity index is 1.57. The molecule has 6 nitrogen and oxygen atoms in total. The number of hydrogen-bond donors (Lipinski definition) is 1. The minimum Gasteiger partial charge on any atom is -0.507 e. The van der Waals surface area contributed by atoms with Gasteiger partial charge in [0.05, 0.1) is 22.5 Å². The van der Waals surface area contributed by atoms with E-state index in [0.29, 0.717) is 17.2 Å². The molecule has 1 saturated heterocycles. The third-order valence-electron chi connectivity index (χ3n) is 5.40. The third-order valence-corrected chi connectivity index (χ3v) is 5.40. The average molecular weight is 371 g/mol. The van der Waals surface area contributed by atoms with E-state index in [1.165, 1.54) is 0 Å². The summed E-state index contributed by atoms with van der Waals surface area (Å²) in [5, 5.41) is 25.0. The number of aromatic hydroxyl groups is 1. The van der Waals surface area contributed by atoms with Crippen LogP contribution in [-0.4, -0.2) is 50.1 Å². The van der Waals surface area contributed by atoms with Crippen molar-refractivity contribution in [3.8, 4) is 28.1 Å². The number of hydrogen-bond acceptors (Lipinski definition) is 5. The molecule has 0 atom stereocenters. The molecule has 0 spiro atoms. The summed E-state index contributed by atoms with van der Waals surface area (Å²) in [6.45, 7) is 2.03. The van der Waals surface area contributed by atoms with E-state index >= 15 is 0 Å². The molecule has 0 unspecified atom stereocenters. The Labute approximate surface area is 163 Å². The van der Waals surface area contributed by atoms with Crippen LogP contribution in [-0.2, 0) is 7.05 Å². The summed E-state index contributed by atoms with van der Waals surface area (Å²) in [6.07, 6.45) is 1.99. The predicted octanol–water partition coefficient (Wildman–Crippen LogP) is 3.43. The number of benzene rings is 2. The number of aromatic nitrogens is 4. The molecule has 5 rings (SSSR count). The molecule has 0 radical (unpaired) electrons. The van der Waals surface area contributed by atoms with Crippen LogP contribution in [0, 0.1) is 0 Å². The van der Waals surface area contributed by atoms with E-state index in [1.54, 1.807) is 10.7 Å². The molecule has 3 heterocycles. The van der Waals surface area contributed by atoms with Crippen LogP contribution < -0.4 is 0 Å². The molecule has 2 aromatic carbocycles. The van der Waals surface area contributed by atoms with Crippen molar-refractivity contribution in [3.05, 3.63) is 60.4 Å². The van der Waals surface area contributed by atoms with Gasteiger partial charge in [-0.2, -0.15) is 15.3 Å². The van der Waals surface area contributed by atoms with E-state index in [0.717, 1.165) is 40.8 Å². The summed E-state index contributed by atoms with van der Waals surface area (Å²) in [6, 6.07) is 15.7. The minimum absolute atomic E-state index is 0.203. The van der Waals surface area contributed by atoms with Crippen molar-refractivity contribution in [1.82, 2.24) is 24.9 Å². The van der Waals surface area contributed by atoms with Gasteiger partial charge >= 0.3 is 0 Å². The van der Waals surface area contributed by atoms with Crippen LogP contribution in [0.25, 0.3) is 33.3 Å². The first-order valence-electron chi connectivity index (χ1n) is 9.37.